The number of nitrogens with two attached hydrogens (primary N) is 2. The summed E-state index contributed by atoms with van der Waals surface area (Å²) in [7, 11) is 0. The number of carbonyl (C=O) groups is 1. The summed E-state index contributed by atoms with van der Waals surface area (Å²) in [5, 5.41) is 6.49. The Bertz CT molecular complexity index is 365. The molecule has 1 heterocycles. The molecule has 5 nitrogen and oxygen atoms in total. The predicted octanol–water partition coefficient (Wildman–Crippen LogP) is 1.14. The highest BCUT2D eigenvalue weighted by Crippen LogP contribution is 2.36. The fourth-order valence-electron chi connectivity index (χ4n) is 2.36. The summed E-state index contributed by atoms with van der Waals surface area (Å²) in [5.41, 5.74) is 12.3. The smallest absolute Gasteiger partial charge is 0.267 e. The third-order valence-corrected chi connectivity index (χ3v) is 3.09. The van der Waals surface area contributed by atoms with Crippen molar-refractivity contribution in [1.29, 1.82) is 0 Å². The third kappa shape index (κ3) is 1.82. The maximum absolute atomic E-state index is 11.2. The summed E-state index contributed by atoms with van der Waals surface area (Å²) < 4.78 is 0. The van der Waals surface area contributed by atoms with Gasteiger partial charge in [-0.1, -0.05) is 19.3 Å². The Morgan fingerprint density at radius 3 is 2.60 bits per heavy atom. The monoisotopic (exact) mass is 208 g/mol. The molecule has 0 aliphatic heterocycles. The molecule has 2 rings (SSSR count). The number of carbonyl (C=O) groups excluding carboxylic acids is 1. The number of hydrogen-bond acceptors (Lipinski definition) is 3. The Hall–Kier alpha value is -1.52. The molecule has 82 valence electrons. The van der Waals surface area contributed by atoms with E-state index in [0.717, 1.165) is 18.4 Å². The molecule has 1 aromatic heterocycles. The number of nitrogens with one attached hydrogen (secondary N) is 1. The van der Waals surface area contributed by atoms with Crippen LogP contribution in [0.25, 0.3) is 0 Å². The van der Waals surface area contributed by atoms with Gasteiger partial charge >= 0.3 is 0 Å². The van der Waals surface area contributed by atoms with Crippen LogP contribution in [0.4, 0.5) is 5.82 Å². The summed E-state index contributed by atoms with van der Waals surface area (Å²) in [4.78, 5) is 11.2. The molecule has 5 heteroatoms. The van der Waals surface area contributed by atoms with Gasteiger partial charge in [0.25, 0.3) is 5.91 Å². The first-order chi connectivity index (χ1) is 7.20. The lowest BCUT2D eigenvalue weighted by molar-refractivity contribution is 0.0994. The van der Waals surface area contributed by atoms with E-state index in [2.05, 4.69) is 10.2 Å². The lowest BCUT2D eigenvalue weighted by Crippen LogP contribution is -2.17. The number of amides is 1. The Labute approximate surface area is 88.2 Å². The molecule has 0 atom stereocenters. The Kier molecular flexibility index (Phi) is 2.62. The standard InChI is InChI=1S/C10H16N4O/c11-9-7(6-4-2-1-3-5-6)8(10(12)15)13-14-9/h6H,1-5H2,(H2,12,15)(H3,11,13,14). The van der Waals surface area contributed by atoms with Gasteiger partial charge in [0.05, 0.1) is 0 Å². The first-order valence-electron chi connectivity index (χ1n) is 5.33. The van der Waals surface area contributed by atoms with Crippen LogP contribution in [-0.2, 0) is 0 Å². The maximum Gasteiger partial charge on any atom is 0.267 e. The second-order valence-corrected chi connectivity index (χ2v) is 4.10. The zero-order chi connectivity index (χ0) is 10.8. The first kappa shape index (κ1) is 10.0. The molecule has 1 saturated carbocycles. The van der Waals surface area contributed by atoms with Gasteiger partial charge in [0.1, 0.15) is 11.5 Å². The van der Waals surface area contributed by atoms with E-state index in [0.29, 0.717) is 17.4 Å². The second-order valence-electron chi connectivity index (χ2n) is 4.10. The van der Waals surface area contributed by atoms with Crippen molar-refractivity contribution in [1.82, 2.24) is 10.2 Å². The average molecular weight is 208 g/mol. The van der Waals surface area contributed by atoms with Crippen molar-refractivity contribution in [3.05, 3.63) is 11.3 Å². The van der Waals surface area contributed by atoms with Crippen LogP contribution in [0.3, 0.4) is 0 Å². The summed E-state index contributed by atoms with van der Waals surface area (Å²) >= 11 is 0. The number of H-pyrrole nitrogens is 1. The van der Waals surface area contributed by atoms with Gasteiger partial charge in [-0.15, -0.1) is 0 Å². The molecular weight excluding hydrogens is 192 g/mol. The Balaban J connectivity index is 2.32. The van der Waals surface area contributed by atoms with Crippen molar-refractivity contribution in [3.63, 3.8) is 0 Å². The number of nitrogens with zero attached hydrogens (tertiary/aromatic N) is 1. The minimum absolute atomic E-state index is 0.347. The van der Waals surface area contributed by atoms with E-state index in [1.54, 1.807) is 0 Å². The molecule has 0 bridgehead atoms. The number of aromatic amines is 1. The molecule has 0 aromatic carbocycles. The highest BCUT2D eigenvalue weighted by molar-refractivity contribution is 5.93. The van der Waals surface area contributed by atoms with Gasteiger partial charge in [0.2, 0.25) is 0 Å². The number of primary amides is 1. The van der Waals surface area contributed by atoms with Crippen LogP contribution in [0.2, 0.25) is 0 Å². The van der Waals surface area contributed by atoms with Gasteiger partial charge < -0.3 is 11.5 Å². The summed E-state index contributed by atoms with van der Waals surface area (Å²) in [6, 6.07) is 0. The van der Waals surface area contributed by atoms with Gasteiger partial charge in [-0.2, -0.15) is 5.10 Å². The van der Waals surface area contributed by atoms with Gasteiger partial charge in [0.15, 0.2) is 0 Å². The zero-order valence-corrected chi connectivity index (χ0v) is 8.62. The number of nitrogen functional groups attached to an aromatic ring is 1. The molecule has 0 unspecified atom stereocenters. The lowest BCUT2D eigenvalue weighted by atomic mass is 9.83. The van der Waals surface area contributed by atoms with Gasteiger partial charge in [-0.3, -0.25) is 9.89 Å². The number of anilines is 1. The predicted molar refractivity (Wildman–Crippen MR) is 57.3 cm³/mol. The van der Waals surface area contributed by atoms with Crippen molar-refractivity contribution in [2.45, 2.75) is 38.0 Å². The Morgan fingerprint density at radius 2 is 2.00 bits per heavy atom. The zero-order valence-electron chi connectivity index (χ0n) is 8.62. The molecule has 15 heavy (non-hydrogen) atoms. The minimum Gasteiger partial charge on any atom is -0.382 e. The molecule has 0 spiro atoms. The Morgan fingerprint density at radius 1 is 1.33 bits per heavy atom. The summed E-state index contributed by atoms with van der Waals surface area (Å²) in [5.74, 6) is 0.301. The lowest BCUT2D eigenvalue weighted by Gasteiger charge is -2.21. The molecule has 0 saturated heterocycles. The van der Waals surface area contributed by atoms with Crippen LogP contribution in [0.1, 0.15) is 54.1 Å². The van der Waals surface area contributed by atoms with Crippen molar-refractivity contribution in [2.24, 2.45) is 5.73 Å². The van der Waals surface area contributed by atoms with Crippen molar-refractivity contribution in [3.8, 4) is 0 Å². The van der Waals surface area contributed by atoms with Crippen LogP contribution in [0, 0.1) is 0 Å². The van der Waals surface area contributed by atoms with Crippen LogP contribution in [-0.4, -0.2) is 16.1 Å². The topological polar surface area (TPSA) is 97.8 Å². The van der Waals surface area contributed by atoms with Gasteiger partial charge in [0, 0.05) is 5.56 Å². The van der Waals surface area contributed by atoms with E-state index in [4.69, 9.17) is 11.5 Å². The van der Waals surface area contributed by atoms with Crippen LogP contribution in [0.15, 0.2) is 0 Å². The molecule has 0 radical (unpaired) electrons. The second kappa shape index (κ2) is 3.92. The van der Waals surface area contributed by atoms with Crippen molar-refractivity contribution in [2.75, 3.05) is 5.73 Å². The number of rotatable bonds is 2. The molecule has 1 aromatic rings. The fourth-order valence-corrected chi connectivity index (χ4v) is 2.36. The molecule has 1 aliphatic rings. The van der Waals surface area contributed by atoms with Gasteiger partial charge in [-0.05, 0) is 18.8 Å². The highest BCUT2D eigenvalue weighted by Gasteiger charge is 2.25. The van der Waals surface area contributed by atoms with E-state index < -0.39 is 5.91 Å². The van der Waals surface area contributed by atoms with E-state index in [1.807, 2.05) is 0 Å². The van der Waals surface area contributed by atoms with E-state index in [1.165, 1.54) is 19.3 Å². The van der Waals surface area contributed by atoms with E-state index in [-0.39, 0.29) is 0 Å². The van der Waals surface area contributed by atoms with E-state index in [9.17, 15) is 4.79 Å². The minimum atomic E-state index is -0.472. The number of hydrogen-bond donors (Lipinski definition) is 3. The number of aromatic nitrogens is 2. The molecule has 1 amide bonds. The largest absolute Gasteiger partial charge is 0.382 e. The van der Waals surface area contributed by atoms with Crippen LogP contribution < -0.4 is 11.5 Å². The fraction of sp³-hybridized carbons (Fsp3) is 0.600. The molecular formula is C10H16N4O. The van der Waals surface area contributed by atoms with E-state index >= 15 is 0 Å². The normalized spacial score (nSPS) is 17.9. The molecule has 5 N–H and O–H groups in total. The van der Waals surface area contributed by atoms with Crippen LogP contribution >= 0.6 is 0 Å². The average Bonchev–Trinajstić information content (AvgIpc) is 2.61. The molecule has 1 fully saturated rings. The molecule has 1 aliphatic carbocycles. The third-order valence-electron chi connectivity index (χ3n) is 3.09. The highest BCUT2D eigenvalue weighted by atomic mass is 16.1. The first-order valence-corrected chi connectivity index (χ1v) is 5.33. The summed E-state index contributed by atoms with van der Waals surface area (Å²) in [6.45, 7) is 0. The maximum atomic E-state index is 11.2. The van der Waals surface area contributed by atoms with Gasteiger partial charge in [-0.25, -0.2) is 0 Å². The summed E-state index contributed by atoms with van der Waals surface area (Å²) in [6.07, 6.45) is 5.79. The SMILES string of the molecule is NC(=O)c1[nH]nc(N)c1C1CCCCC1. The quantitative estimate of drug-likeness (QED) is 0.679. The van der Waals surface area contributed by atoms with Crippen LogP contribution in [0.5, 0.6) is 0 Å². The van der Waals surface area contributed by atoms with Crippen molar-refractivity contribution >= 4 is 11.7 Å². The van der Waals surface area contributed by atoms with Crippen molar-refractivity contribution < 1.29 is 4.79 Å².